The topological polar surface area (TPSA) is 21.3 Å². The summed E-state index contributed by atoms with van der Waals surface area (Å²) in [5.74, 6) is 0.905. The zero-order valence-electron chi connectivity index (χ0n) is 11.3. The van der Waals surface area contributed by atoms with Crippen LogP contribution in [0.2, 0.25) is 0 Å². The van der Waals surface area contributed by atoms with Crippen LogP contribution in [0, 0.1) is 6.92 Å². The Morgan fingerprint density at radius 1 is 1.35 bits per heavy atom. The number of nitrogens with one attached hydrogen (secondary N) is 1. The number of rotatable bonds is 5. The normalized spacial score (nSPS) is 11.3. The Hall–Kier alpha value is -1.28. The summed E-state index contributed by atoms with van der Waals surface area (Å²) in [7, 11) is 0. The molecule has 1 aromatic carbocycles. The lowest BCUT2D eigenvalue weighted by molar-refractivity contribution is 0.341. The van der Waals surface area contributed by atoms with Crippen LogP contribution in [0.25, 0.3) is 0 Å². The monoisotopic (exact) mass is 233 g/mol. The lowest BCUT2D eigenvalue weighted by Gasteiger charge is -2.21. The van der Waals surface area contributed by atoms with Crippen molar-refractivity contribution in [3.63, 3.8) is 0 Å². The number of hydrogen-bond donors (Lipinski definition) is 1. The van der Waals surface area contributed by atoms with E-state index in [1.54, 1.807) is 0 Å². The molecule has 0 fully saturated rings. The van der Waals surface area contributed by atoms with E-state index in [0.717, 1.165) is 17.9 Å². The second-order valence-corrected chi connectivity index (χ2v) is 5.46. The summed E-state index contributed by atoms with van der Waals surface area (Å²) in [5.41, 5.74) is 2.38. The van der Waals surface area contributed by atoms with Crippen LogP contribution in [0.5, 0.6) is 5.75 Å². The Labute approximate surface area is 105 Å². The van der Waals surface area contributed by atoms with Gasteiger partial charge in [0, 0.05) is 12.1 Å². The SMILES string of the molecule is C=C(CNC(C)(C)C)COc1cccc(C)c1. The number of hydrogen-bond acceptors (Lipinski definition) is 2. The molecule has 1 N–H and O–H groups in total. The van der Waals surface area contributed by atoms with Crippen molar-refractivity contribution < 1.29 is 4.74 Å². The van der Waals surface area contributed by atoms with Crippen molar-refractivity contribution >= 4 is 0 Å². The van der Waals surface area contributed by atoms with Crippen molar-refractivity contribution in [2.75, 3.05) is 13.2 Å². The smallest absolute Gasteiger partial charge is 0.120 e. The summed E-state index contributed by atoms with van der Waals surface area (Å²) in [6, 6.07) is 8.06. The van der Waals surface area contributed by atoms with Crippen molar-refractivity contribution in [3.8, 4) is 5.75 Å². The van der Waals surface area contributed by atoms with E-state index in [1.165, 1.54) is 5.56 Å². The Kier molecular flexibility index (Phi) is 4.76. The van der Waals surface area contributed by atoms with Gasteiger partial charge in [0.2, 0.25) is 0 Å². The van der Waals surface area contributed by atoms with E-state index in [-0.39, 0.29) is 5.54 Å². The fraction of sp³-hybridized carbons (Fsp3) is 0.467. The van der Waals surface area contributed by atoms with Gasteiger partial charge in [0.15, 0.2) is 0 Å². The molecule has 0 aliphatic heterocycles. The Balaban J connectivity index is 2.33. The maximum atomic E-state index is 5.67. The Morgan fingerprint density at radius 2 is 2.06 bits per heavy atom. The largest absolute Gasteiger partial charge is 0.489 e. The Bertz CT molecular complexity index is 377. The summed E-state index contributed by atoms with van der Waals surface area (Å²) >= 11 is 0. The van der Waals surface area contributed by atoms with Gasteiger partial charge in [-0.15, -0.1) is 0 Å². The van der Waals surface area contributed by atoms with Crippen molar-refractivity contribution in [2.24, 2.45) is 0 Å². The highest BCUT2D eigenvalue weighted by atomic mass is 16.5. The first-order valence-electron chi connectivity index (χ1n) is 5.98. The summed E-state index contributed by atoms with van der Waals surface area (Å²) < 4.78 is 5.67. The van der Waals surface area contributed by atoms with Gasteiger partial charge in [-0.2, -0.15) is 0 Å². The number of benzene rings is 1. The van der Waals surface area contributed by atoms with Crippen LogP contribution in [-0.4, -0.2) is 18.7 Å². The van der Waals surface area contributed by atoms with Gasteiger partial charge in [-0.1, -0.05) is 18.7 Å². The lowest BCUT2D eigenvalue weighted by atomic mass is 10.1. The van der Waals surface area contributed by atoms with Crippen molar-refractivity contribution in [3.05, 3.63) is 42.0 Å². The standard InChI is InChI=1S/C15H23NO/c1-12-7-6-8-14(9-12)17-11-13(2)10-16-15(3,4)5/h6-9,16H,2,10-11H2,1,3-5H3. The second-order valence-electron chi connectivity index (χ2n) is 5.46. The van der Waals surface area contributed by atoms with Gasteiger partial charge in [0.25, 0.3) is 0 Å². The van der Waals surface area contributed by atoms with Gasteiger partial charge in [0.1, 0.15) is 12.4 Å². The van der Waals surface area contributed by atoms with Crippen LogP contribution < -0.4 is 10.1 Å². The second kappa shape index (κ2) is 5.87. The fourth-order valence-electron chi connectivity index (χ4n) is 1.33. The zero-order chi connectivity index (χ0) is 12.9. The minimum atomic E-state index is 0.117. The van der Waals surface area contributed by atoms with E-state index < -0.39 is 0 Å². The average Bonchev–Trinajstić information content (AvgIpc) is 2.23. The molecule has 0 saturated carbocycles. The summed E-state index contributed by atoms with van der Waals surface area (Å²) in [4.78, 5) is 0. The predicted octanol–water partition coefficient (Wildman–Crippen LogP) is 3.32. The third-order valence-electron chi connectivity index (χ3n) is 2.30. The highest BCUT2D eigenvalue weighted by Gasteiger charge is 2.08. The zero-order valence-corrected chi connectivity index (χ0v) is 11.3. The van der Waals surface area contributed by atoms with E-state index in [9.17, 15) is 0 Å². The van der Waals surface area contributed by atoms with E-state index >= 15 is 0 Å². The highest BCUT2D eigenvalue weighted by molar-refractivity contribution is 5.27. The van der Waals surface area contributed by atoms with Crippen LogP contribution in [0.1, 0.15) is 26.3 Å². The third-order valence-corrected chi connectivity index (χ3v) is 2.30. The first-order chi connectivity index (χ1) is 7.87. The molecule has 17 heavy (non-hydrogen) atoms. The molecule has 2 heteroatoms. The molecule has 2 nitrogen and oxygen atoms in total. The minimum Gasteiger partial charge on any atom is -0.489 e. The van der Waals surface area contributed by atoms with Crippen LogP contribution in [0.15, 0.2) is 36.4 Å². The van der Waals surface area contributed by atoms with Gasteiger partial charge in [0.05, 0.1) is 0 Å². The summed E-state index contributed by atoms with van der Waals surface area (Å²) in [6.45, 7) is 13.8. The number of ether oxygens (including phenoxy) is 1. The molecule has 0 radical (unpaired) electrons. The molecule has 0 saturated heterocycles. The Morgan fingerprint density at radius 3 is 2.65 bits per heavy atom. The molecular weight excluding hydrogens is 210 g/mol. The van der Waals surface area contributed by atoms with Gasteiger partial charge in [-0.3, -0.25) is 0 Å². The van der Waals surface area contributed by atoms with Gasteiger partial charge in [-0.25, -0.2) is 0 Å². The van der Waals surface area contributed by atoms with Crippen LogP contribution in [-0.2, 0) is 0 Å². The molecule has 0 amide bonds. The molecule has 94 valence electrons. The van der Waals surface area contributed by atoms with Crippen molar-refractivity contribution in [1.29, 1.82) is 0 Å². The van der Waals surface area contributed by atoms with Gasteiger partial charge < -0.3 is 10.1 Å². The molecule has 0 heterocycles. The molecule has 1 rings (SSSR count). The molecule has 1 aromatic rings. The molecular formula is C15H23NO. The van der Waals surface area contributed by atoms with Crippen molar-refractivity contribution in [1.82, 2.24) is 5.32 Å². The van der Waals surface area contributed by atoms with Crippen LogP contribution >= 0.6 is 0 Å². The molecule has 0 spiro atoms. The number of aryl methyl sites for hydroxylation is 1. The highest BCUT2D eigenvalue weighted by Crippen LogP contribution is 2.13. The molecule has 0 bridgehead atoms. The van der Waals surface area contributed by atoms with Crippen LogP contribution in [0.3, 0.4) is 0 Å². The average molecular weight is 233 g/mol. The third kappa shape index (κ3) is 6.12. The summed E-state index contributed by atoms with van der Waals surface area (Å²) in [6.07, 6.45) is 0. The molecule has 0 aliphatic carbocycles. The van der Waals surface area contributed by atoms with E-state index in [1.807, 2.05) is 18.2 Å². The maximum absolute atomic E-state index is 5.67. The van der Waals surface area contributed by atoms with Crippen LogP contribution in [0.4, 0.5) is 0 Å². The van der Waals surface area contributed by atoms with Gasteiger partial charge >= 0.3 is 0 Å². The van der Waals surface area contributed by atoms with E-state index in [2.05, 4.69) is 45.7 Å². The first-order valence-corrected chi connectivity index (χ1v) is 5.98. The predicted molar refractivity (Wildman–Crippen MR) is 73.6 cm³/mol. The molecule has 0 atom stereocenters. The first kappa shape index (κ1) is 13.8. The van der Waals surface area contributed by atoms with E-state index in [4.69, 9.17) is 4.74 Å². The quantitative estimate of drug-likeness (QED) is 0.788. The van der Waals surface area contributed by atoms with Crippen molar-refractivity contribution in [2.45, 2.75) is 33.2 Å². The molecule has 0 unspecified atom stereocenters. The fourth-order valence-corrected chi connectivity index (χ4v) is 1.33. The van der Waals surface area contributed by atoms with Gasteiger partial charge in [-0.05, 0) is 51.0 Å². The summed E-state index contributed by atoms with van der Waals surface area (Å²) in [5, 5.41) is 3.39. The molecule has 0 aliphatic rings. The molecule has 0 aromatic heterocycles. The lowest BCUT2D eigenvalue weighted by Crippen LogP contribution is -2.37. The maximum Gasteiger partial charge on any atom is 0.120 e. The van der Waals surface area contributed by atoms with E-state index in [0.29, 0.717) is 6.61 Å². The minimum absolute atomic E-state index is 0.117.